The summed E-state index contributed by atoms with van der Waals surface area (Å²) in [6.45, 7) is 2.56. The minimum Gasteiger partial charge on any atom is -0.489 e. The fraction of sp³-hybridized carbons (Fsp3) is 0.0833. The molecule has 0 spiro atoms. The lowest BCUT2D eigenvalue weighted by atomic mass is 10.1. The highest BCUT2D eigenvalue weighted by molar-refractivity contribution is 5.96. The first-order valence-corrected chi connectivity index (χ1v) is 9.06. The van der Waals surface area contributed by atoms with E-state index in [1.165, 1.54) is 0 Å². The number of nitrogens with one attached hydrogen (secondary N) is 1. The summed E-state index contributed by atoms with van der Waals surface area (Å²) < 4.78 is 5.84. The fourth-order valence-corrected chi connectivity index (χ4v) is 3.05. The number of fused-ring (bicyclic) bond motifs is 1. The van der Waals surface area contributed by atoms with E-state index < -0.39 is 0 Å². The van der Waals surface area contributed by atoms with Crippen molar-refractivity contribution in [1.82, 2.24) is 4.98 Å². The first-order chi connectivity index (χ1) is 13.7. The van der Waals surface area contributed by atoms with Gasteiger partial charge in [0.05, 0.1) is 16.8 Å². The Balaban J connectivity index is 1.56. The van der Waals surface area contributed by atoms with Gasteiger partial charge >= 0.3 is 0 Å². The molecular weight excluding hydrogens is 346 g/mol. The maximum Gasteiger partial charge on any atom is 0.119 e. The van der Waals surface area contributed by atoms with Crippen LogP contribution in [0.3, 0.4) is 0 Å². The predicted octanol–water partition coefficient (Wildman–Crippen LogP) is 5.74. The van der Waals surface area contributed by atoms with Gasteiger partial charge in [0.25, 0.3) is 0 Å². The number of rotatable bonds is 5. The molecular formula is C24H19N3O. The maximum atomic E-state index is 9.50. The molecule has 0 fully saturated rings. The van der Waals surface area contributed by atoms with Crippen molar-refractivity contribution in [3.63, 3.8) is 0 Å². The minimum atomic E-state index is 0.516. The van der Waals surface area contributed by atoms with Crippen molar-refractivity contribution in [2.45, 2.75) is 13.5 Å². The average molecular weight is 365 g/mol. The standard InChI is InChI=1S/C24H19N3O/c1-17-7-12-23-22(13-17)24(19(14-25)15-26-23)27-20-8-10-21(11-9-20)28-16-18-5-3-2-4-6-18/h2-13,15H,16H2,1H3,(H,26,27). The van der Waals surface area contributed by atoms with Crippen LogP contribution in [-0.4, -0.2) is 4.98 Å². The number of ether oxygens (including phenoxy) is 1. The van der Waals surface area contributed by atoms with E-state index >= 15 is 0 Å². The number of nitriles is 1. The van der Waals surface area contributed by atoms with Gasteiger partial charge in [-0.1, -0.05) is 42.0 Å². The summed E-state index contributed by atoms with van der Waals surface area (Å²) in [6.07, 6.45) is 1.61. The molecule has 0 bridgehead atoms. The van der Waals surface area contributed by atoms with Gasteiger partial charge in [-0.2, -0.15) is 5.26 Å². The number of aryl methyl sites for hydroxylation is 1. The smallest absolute Gasteiger partial charge is 0.119 e. The van der Waals surface area contributed by atoms with Crippen LogP contribution in [0.1, 0.15) is 16.7 Å². The Hall–Kier alpha value is -3.84. The number of hydrogen-bond donors (Lipinski definition) is 1. The van der Waals surface area contributed by atoms with E-state index in [1.807, 2.05) is 79.7 Å². The Bertz CT molecular complexity index is 1150. The zero-order chi connectivity index (χ0) is 19.3. The van der Waals surface area contributed by atoms with Crippen molar-refractivity contribution in [3.8, 4) is 11.8 Å². The third-order valence-electron chi connectivity index (χ3n) is 4.52. The second-order valence-electron chi connectivity index (χ2n) is 6.60. The number of benzene rings is 3. The highest BCUT2D eigenvalue weighted by Crippen LogP contribution is 2.30. The van der Waals surface area contributed by atoms with Gasteiger partial charge in [0.1, 0.15) is 18.4 Å². The third kappa shape index (κ3) is 3.79. The average Bonchev–Trinajstić information content (AvgIpc) is 2.74. The van der Waals surface area contributed by atoms with Crippen LogP contribution in [0.4, 0.5) is 11.4 Å². The quantitative estimate of drug-likeness (QED) is 0.490. The largest absolute Gasteiger partial charge is 0.489 e. The Morgan fingerprint density at radius 2 is 1.79 bits per heavy atom. The molecule has 0 aliphatic heterocycles. The van der Waals surface area contributed by atoms with Crippen LogP contribution in [-0.2, 0) is 6.61 Å². The molecule has 0 amide bonds. The van der Waals surface area contributed by atoms with Gasteiger partial charge in [-0.05, 0) is 48.9 Å². The molecule has 0 aliphatic carbocycles. The Morgan fingerprint density at radius 3 is 2.54 bits per heavy atom. The lowest BCUT2D eigenvalue weighted by Crippen LogP contribution is -1.98. The van der Waals surface area contributed by atoms with Crippen LogP contribution < -0.4 is 10.1 Å². The van der Waals surface area contributed by atoms with E-state index in [0.29, 0.717) is 12.2 Å². The number of anilines is 2. The molecule has 0 radical (unpaired) electrons. The van der Waals surface area contributed by atoms with E-state index in [0.717, 1.165) is 39.2 Å². The predicted molar refractivity (Wildman–Crippen MR) is 112 cm³/mol. The van der Waals surface area contributed by atoms with Gasteiger partial charge in [-0.25, -0.2) is 0 Å². The molecule has 1 aromatic heterocycles. The number of aromatic nitrogens is 1. The van der Waals surface area contributed by atoms with Crippen LogP contribution in [0.15, 0.2) is 79.0 Å². The lowest BCUT2D eigenvalue weighted by Gasteiger charge is -2.13. The third-order valence-corrected chi connectivity index (χ3v) is 4.52. The zero-order valence-electron chi connectivity index (χ0n) is 15.5. The first kappa shape index (κ1) is 17.6. The van der Waals surface area contributed by atoms with Gasteiger partial charge in [0, 0.05) is 17.3 Å². The van der Waals surface area contributed by atoms with Crippen molar-refractivity contribution in [2.75, 3.05) is 5.32 Å². The van der Waals surface area contributed by atoms with E-state index in [9.17, 15) is 5.26 Å². The summed E-state index contributed by atoms with van der Waals surface area (Å²) in [4.78, 5) is 4.38. The Kier molecular flexibility index (Phi) is 4.90. The van der Waals surface area contributed by atoms with Gasteiger partial charge in [0.2, 0.25) is 0 Å². The molecule has 1 heterocycles. The molecule has 1 N–H and O–H groups in total. The molecule has 28 heavy (non-hydrogen) atoms. The second-order valence-corrected chi connectivity index (χ2v) is 6.60. The molecule has 0 aliphatic rings. The van der Waals surface area contributed by atoms with Gasteiger partial charge in [0.15, 0.2) is 0 Å². The molecule has 0 atom stereocenters. The van der Waals surface area contributed by atoms with E-state index in [4.69, 9.17) is 4.74 Å². The summed E-state index contributed by atoms with van der Waals surface area (Å²) in [7, 11) is 0. The monoisotopic (exact) mass is 365 g/mol. The van der Waals surface area contributed by atoms with Crippen molar-refractivity contribution in [3.05, 3.63) is 95.7 Å². The molecule has 136 valence electrons. The Labute approximate surface area is 164 Å². The Morgan fingerprint density at radius 1 is 1.00 bits per heavy atom. The van der Waals surface area contributed by atoms with Crippen molar-refractivity contribution in [2.24, 2.45) is 0 Å². The van der Waals surface area contributed by atoms with Crippen molar-refractivity contribution in [1.29, 1.82) is 5.26 Å². The SMILES string of the molecule is Cc1ccc2ncc(C#N)c(Nc3ccc(OCc4ccccc4)cc3)c2c1. The maximum absolute atomic E-state index is 9.50. The topological polar surface area (TPSA) is 57.9 Å². The fourth-order valence-electron chi connectivity index (χ4n) is 3.05. The van der Waals surface area contributed by atoms with Gasteiger partial charge in [-0.15, -0.1) is 0 Å². The number of pyridine rings is 1. The van der Waals surface area contributed by atoms with Crippen LogP contribution in [0, 0.1) is 18.3 Å². The summed E-state index contributed by atoms with van der Waals surface area (Å²) in [6, 6.07) is 26.1. The minimum absolute atomic E-state index is 0.516. The van der Waals surface area contributed by atoms with E-state index in [1.54, 1.807) is 6.20 Å². The summed E-state index contributed by atoms with van der Waals surface area (Å²) in [5.41, 5.74) is 5.28. The molecule has 4 heteroatoms. The first-order valence-electron chi connectivity index (χ1n) is 9.06. The number of nitrogens with zero attached hydrogens (tertiary/aromatic N) is 2. The van der Waals surface area contributed by atoms with Crippen LogP contribution in [0.5, 0.6) is 5.75 Å². The van der Waals surface area contributed by atoms with E-state index in [-0.39, 0.29) is 0 Å². The number of hydrogen-bond acceptors (Lipinski definition) is 4. The summed E-state index contributed by atoms with van der Waals surface area (Å²) in [5, 5.41) is 13.8. The van der Waals surface area contributed by atoms with Gasteiger partial charge in [-0.3, -0.25) is 4.98 Å². The molecule has 4 rings (SSSR count). The van der Waals surface area contributed by atoms with Gasteiger partial charge < -0.3 is 10.1 Å². The highest BCUT2D eigenvalue weighted by atomic mass is 16.5. The van der Waals surface area contributed by atoms with Crippen molar-refractivity contribution < 1.29 is 4.74 Å². The van der Waals surface area contributed by atoms with Crippen molar-refractivity contribution >= 4 is 22.3 Å². The van der Waals surface area contributed by atoms with Crippen LogP contribution in [0.2, 0.25) is 0 Å². The zero-order valence-corrected chi connectivity index (χ0v) is 15.5. The van der Waals surface area contributed by atoms with Crippen LogP contribution in [0.25, 0.3) is 10.9 Å². The molecule has 4 nitrogen and oxygen atoms in total. The van der Waals surface area contributed by atoms with Crippen LogP contribution >= 0.6 is 0 Å². The summed E-state index contributed by atoms with van der Waals surface area (Å²) in [5.74, 6) is 0.797. The molecule has 3 aromatic carbocycles. The molecule has 0 unspecified atom stereocenters. The normalized spacial score (nSPS) is 10.4. The molecule has 4 aromatic rings. The van der Waals surface area contributed by atoms with E-state index in [2.05, 4.69) is 16.4 Å². The molecule has 0 saturated carbocycles. The second kappa shape index (κ2) is 7.81. The summed E-state index contributed by atoms with van der Waals surface area (Å²) >= 11 is 0. The molecule has 0 saturated heterocycles. The highest BCUT2D eigenvalue weighted by Gasteiger charge is 2.10. The lowest BCUT2D eigenvalue weighted by molar-refractivity contribution is 0.306.